The highest BCUT2D eigenvalue weighted by Crippen LogP contribution is 2.38. The predicted molar refractivity (Wildman–Crippen MR) is 123 cm³/mol. The van der Waals surface area contributed by atoms with Crippen molar-refractivity contribution >= 4 is 85.1 Å². The summed E-state index contributed by atoms with van der Waals surface area (Å²) in [4.78, 5) is 37.4. The van der Waals surface area contributed by atoms with Crippen LogP contribution in [0.3, 0.4) is 0 Å². The van der Waals surface area contributed by atoms with E-state index in [-0.39, 0.29) is 22.4 Å². The quantitative estimate of drug-likeness (QED) is 0.349. The maximum absolute atomic E-state index is 12.8. The molecule has 6 nitrogen and oxygen atoms in total. The first-order chi connectivity index (χ1) is 13.7. The standard InChI is InChI=1S/C19H12BrClINO5S/c20-14-7-13(22)5-11(17(14)28-9-16(24)25)6-15-18(26)23(19(27)29-15)8-10-1-3-12(21)4-2-10/h1-7H,8-9H2,(H,24,25)/b15-6+. The van der Waals surface area contributed by atoms with Gasteiger partial charge in [-0.15, -0.1) is 0 Å². The Hall–Kier alpha value is -1.56. The van der Waals surface area contributed by atoms with Crippen LogP contribution in [0.15, 0.2) is 45.8 Å². The van der Waals surface area contributed by atoms with E-state index in [0.717, 1.165) is 25.8 Å². The molecule has 1 fully saturated rings. The maximum Gasteiger partial charge on any atom is 0.341 e. The van der Waals surface area contributed by atoms with Gasteiger partial charge in [0.2, 0.25) is 0 Å². The van der Waals surface area contributed by atoms with Crippen LogP contribution in [-0.4, -0.2) is 33.7 Å². The number of carboxylic acids is 1. The third-order valence-corrected chi connectivity index (χ3v) is 6.16. The van der Waals surface area contributed by atoms with Crippen molar-refractivity contribution in [2.24, 2.45) is 0 Å². The van der Waals surface area contributed by atoms with Gasteiger partial charge in [-0.1, -0.05) is 23.7 Å². The summed E-state index contributed by atoms with van der Waals surface area (Å²) in [6, 6.07) is 10.4. The highest BCUT2D eigenvalue weighted by atomic mass is 127. The summed E-state index contributed by atoms with van der Waals surface area (Å²) in [6.07, 6.45) is 1.54. The van der Waals surface area contributed by atoms with Gasteiger partial charge < -0.3 is 9.84 Å². The number of imide groups is 1. The number of hydrogen-bond acceptors (Lipinski definition) is 5. The second kappa shape index (κ2) is 9.50. The number of benzene rings is 2. The normalized spacial score (nSPS) is 15.3. The van der Waals surface area contributed by atoms with Gasteiger partial charge >= 0.3 is 5.97 Å². The van der Waals surface area contributed by atoms with E-state index in [2.05, 4.69) is 38.5 Å². The number of thioether (sulfide) groups is 1. The monoisotopic (exact) mass is 607 g/mol. The van der Waals surface area contributed by atoms with E-state index in [0.29, 0.717) is 15.1 Å². The van der Waals surface area contributed by atoms with Crippen LogP contribution in [0.4, 0.5) is 4.79 Å². The highest BCUT2D eigenvalue weighted by molar-refractivity contribution is 14.1. The largest absolute Gasteiger partial charge is 0.480 e. The van der Waals surface area contributed by atoms with Crippen molar-refractivity contribution in [2.45, 2.75) is 6.54 Å². The molecular formula is C19H12BrClINO5S. The van der Waals surface area contributed by atoms with Crippen molar-refractivity contribution in [3.63, 3.8) is 0 Å². The Balaban J connectivity index is 1.89. The molecule has 0 spiro atoms. The zero-order chi connectivity index (χ0) is 21.1. The Morgan fingerprint density at radius 1 is 1.28 bits per heavy atom. The number of halogens is 3. The molecule has 0 bridgehead atoms. The van der Waals surface area contributed by atoms with E-state index < -0.39 is 18.5 Å². The molecule has 0 aliphatic carbocycles. The molecule has 3 rings (SSSR count). The first-order valence-electron chi connectivity index (χ1n) is 8.08. The van der Waals surface area contributed by atoms with Gasteiger partial charge in [0.05, 0.1) is 15.9 Å². The topological polar surface area (TPSA) is 83.9 Å². The summed E-state index contributed by atoms with van der Waals surface area (Å²) in [7, 11) is 0. The number of carbonyl (C=O) groups is 3. The molecular weight excluding hydrogens is 597 g/mol. The molecule has 150 valence electrons. The molecule has 0 unspecified atom stereocenters. The lowest BCUT2D eigenvalue weighted by molar-refractivity contribution is -0.139. The minimum absolute atomic E-state index is 0.136. The van der Waals surface area contributed by atoms with E-state index in [9.17, 15) is 14.4 Å². The molecule has 0 radical (unpaired) electrons. The minimum atomic E-state index is -1.12. The lowest BCUT2D eigenvalue weighted by Crippen LogP contribution is -2.27. The van der Waals surface area contributed by atoms with E-state index in [4.69, 9.17) is 21.4 Å². The van der Waals surface area contributed by atoms with E-state index in [1.165, 1.54) is 6.08 Å². The van der Waals surface area contributed by atoms with Crippen LogP contribution in [0.25, 0.3) is 6.08 Å². The molecule has 1 aliphatic heterocycles. The Morgan fingerprint density at radius 2 is 1.97 bits per heavy atom. The summed E-state index contributed by atoms with van der Waals surface area (Å²) in [6.45, 7) is -0.393. The molecule has 2 amide bonds. The highest BCUT2D eigenvalue weighted by Gasteiger charge is 2.35. The van der Waals surface area contributed by atoms with Crippen molar-refractivity contribution in [2.75, 3.05) is 6.61 Å². The zero-order valence-electron chi connectivity index (χ0n) is 14.5. The third-order valence-electron chi connectivity index (χ3n) is 3.79. The lowest BCUT2D eigenvalue weighted by atomic mass is 10.1. The molecule has 29 heavy (non-hydrogen) atoms. The van der Waals surface area contributed by atoms with Gasteiger partial charge in [0.25, 0.3) is 11.1 Å². The first-order valence-corrected chi connectivity index (χ1v) is 11.1. The molecule has 2 aromatic rings. The zero-order valence-corrected chi connectivity index (χ0v) is 19.8. The number of amides is 2. The average Bonchev–Trinajstić information content (AvgIpc) is 2.90. The summed E-state index contributed by atoms with van der Waals surface area (Å²) >= 11 is 12.1. The van der Waals surface area contributed by atoms with Gasteiger partial charge in [0.1, 0.15) is 5.75 Å². The van der Waals surface area contributed by atoms with Gasteiger partial charge in [-0.05, 0) is 86.2 Å². The van der Waals surface area contributed by atoms with Crippen LogP contribution in [0.1, 0.15) is 11.1 Å². The number of carboxylic acid groups (broad SMARTS) is 1. The smallest absolute Gasteiger partial charge is 0.341 e. The van der Waals surface area contributed by atoms with Crippen LogP contribution in [0.5, 0.6) is 5.75 Å². The van der Waals surface area contributed by atoms with E-state index >= 15 is 0 Å². The Bertz CT molecular complexity index is 1030. The fraction of sp³-hybridized carbons (Fsp3) is 0.105. The predicted octanol–water partition coefficient (Wildman–Crippen LogP) is 5.41. The van der Waals surface area contributed by atoms with Gasteiger partial charge in [-0.3, -0.25) is 14.5 Å². The van der Waals surface area contributed by atoms with Crippen molar-refractivity contribution in [1.82, 2.24) is 4.90 Å². The second-order valence-corrected chi connectivity index (χ2v) is 9.41. The van der Waals surface area contributed by atoms with Gasteiger partial charge in [-0.25, -0.2) is 4.79 Å². The number of aliphatic carboxylic acids is 1. The summed E-state index contributed by atoms with van der Waals surface area (Å²) in [5.41, 5.74) is 1.28. The molecule has 2 aromatic carbocycles. The SMILES string of the molecule is O=C(O)COc1c(Br)cc(I)cc1/C=C1/SC(=O)N(Cc2ccc(Cl)cc2)C1=O. The van der Waals surface area contributed by atoms with Crippen molar-refractivity contribution in [1.29, 1.82) is 0 Å². The van der Waals surface area contributed by atoms with Crippen molar-refractivity contribution in [3.05, 3.63) is 65.5 Å². The number of carbonyl (C=O) groups excluding carboxylic acids is 2. The minimum Gasteiger partial charge on any atom is -0.480 e. The Morgan fingerprint density at radius 3 is 2.62 bits per heavy atom. The van der Waals surface area contributed by atoms with Crippen molar-refractivity contribution < 1.29 is 24.2 Å². The molecule has 0 saturated carbocycles. The fourth-order valence-corrected chi connectivity index (χ4v) is 5.14. The first kappa shape index (κ1) is 22.1. The second-order valence-electron chi connectivity index (χ2n) is 5.88. The van der Waals surface area contributed by atoms with Gasteiger partial charge in [-0.2, -0.15) is 0 Å². The molecule has 0 aromatic heterocycles. The molecule has 10 heteroatoms. The van der Waals surface area contributed by atoms with Gasteiger partial charge in [0.15, 0.2) is 6.61 Å². The van der Waals surface area contributed by atoms with Crippen LogP contribution in [-0.2, 0) is 16.1 Å². The van der Waals surface area contributed by atoms with Crippen LogP contribution >= 0.6 is 61.9 Å². The van der Waals surface area contributed by atoms with Crippen LogP contribution < -0.4 is 4.74 Å². The van der Waals surface area contributed by atoms with E-state index in [1.54, 1.807) is 36.4 Å². The Labute approximate surface area is 197 Å². The lowest BCUT2D eigenvalue weighted by Gasteiger charge is -2.13. The average molecular weight is 609 g/mol. The molecule has 1 heterocycles. The summed E-state index contributed by atoms with van der Waals surface area (Å²) in [5.74, 6) is -1.25. The van der Waals surface area contributed by atoms with E-state index in [1.807, 2.05) is 0 Å². The number of rotatable bonds is 6. The van der Waals surface area contributed by atoms with Crippen LogP contribution in [0, 0.1) is 3.57 Å². The molecule has 1 aliphatic rings. The Kier molecular flexibility index (Phi) is 7.25. The number of ether oxygens (including phenoxy) is 1. The van der Waals surface area contributed by atoms with Crippen molar-refractivity contribution in [3.8, 4) is 5.75 Å². The number of hydrogen-bond donors (Lipinski definition) is 1. The van der Waals surface area contributed by atoms with Crippen LogP contribution in [0.2, 0.25) is 5.02 Å². The summed E-state index contributed by atoms with van der Waals surface area (Å²) in [5, 5.41) is 9.08. The van der Waals surface area contributed by atoms with Gasteiger partial charge in [0, 0.05) is 14.2 Å². The summed E-state index contributed by atoms with van der Waals surface area (Å²) < 4.78 is 6.77. The molecule has 1 saturated heterocycles. The molecule has 1 N–H and O–H groups in total. The third kappa shape index (κ3) is 5.53. The fourth-order valence-electron chi connectivity index (χ4n) is 2.52. The molecule has 0 atom stereocenters. The maximum atomic E-state index is 12.8. The number of nitrogens with zero attached hydrogens (tertiary/aromatic N) is 1.